The van der Waals surface area contributed by atoms with Crippen molar-refractivity contribution < 1.29 is 8.78 Å². The average Bonchev–Trinajstić information content (AvgIpc) is 3.10. The van der Waals surface area contributed by atoms with Crippen LogP contribution in [0.5, 0.6) is 0 Å². The molecule has 0 unspecified atom stereocenters. The maximum Gasteiger partial charge on any atom is 0.142 e. The highest BCUT2D eigenvalue weighted by Crippen LogP contribution is 2.32. The Labute approximate surface area is 184 Å². The largest absolute Gasteiger partial charge is 0.317 e. The van der Waals surface area contributed by atoms with Crippen LogP contribution < -0.4 is 5.32 Å². The number of hydrogen-bond donors (Lipinski definition) is 1. The molecule has 0 saturated carbocycles. The minimum absolute atomic E-state index is 0. The van der Waals surface area contributed by atoms with E-state index in [1.54, 1.807) is 42.2 Å². The Balaban J connectivity index is 0.00000128. The highest BCUT2D eigenvalue weighted by atomic mass is 35.5. The van der Waals surface area contributed by atoms with Crippen molar-refractivity contribution in [3.63, 3.8) is 0 Å². The Morgan fingerprint density at radius 1 is 0.967 bits per heavy atom. The third-order valence-electron chi connectivity index (χ3n) is 5.48. The summed E-state index contributed by atoms with van der Waals surface area (Å²) in [6, 6.07) is 8.22. The van der Waals surface area contributed by atoms with E-state index >= 15 is 0 Å². The first-order valence-electron chi connectivity index (χ1n) is 9.40. The maximum absolute atomic E-state index is 15.0. The monoisotopic (exact) mass is 451 g/mol. The van der Waals surface area contributed by atoms with E-state index in [1.807, 2.05) is 0 Å². The van der Waals surface area contributed by atoms with Gasteiger partial charge in [-0.25, -0.2) is 8.78 Å². The molecule has 1 N–H and O–H groups in total. The van der Waals surface area contributed by atoms with Gasteiger partial charge in [0.05, 0.1) is 22.1 Å². The second-order valence-corrected chi connectivity index (χ2v) is 7.35. The molecular formula is C21H21Cl2F2N5. The lowest BCUT2D eigenvalue weighted by Gasteiger charge is -2.21. The van der Waals surface area contributed by atoms with Crippen LogP contribution in [0.3, 0.4) is 0 Å². The van der Waals surface area contributed by atoms with E-state index in [1.165, 1.54) is 6.07 Å². The third kappa shape index (κ3) is 3.85. The second kappa shape index (κ2) is 8.79. The Bertz CT molecular complexity index is 1210. The van der Waals surface area contributed by atoms with Gasteiger partial charge < -0.3 is 5.32 Å². The van der Waals surface area contributed by atoms with Gasteiger partial charge in [0, 0.05) is 30.1 Å². The molecule has 1 aliphatic heterocycles. The highest BCUT2D eigenvalue weighted by molar-refractivity contribution is 5.89. The Morgan fingerprint density at radius 3 is 2.50 bits per heavy atom. The first kappa shape index (κ1) is 22.3. The van der Waals surface area contributed by atoms with Crippen LogP contribution >= 0.6 is 24.8 Å². The predicted octanol–water partition coefficient (Wildman–Crippen LogP) is 4.77. The van der Waals surface area contributed by atoms with Gasteiger partial charge in [-0.3, -0.25) is 4.68 Å². The van der Waals surface area contributed by atoms with E-state index < -0.39 is 11.6 Å². The number of aryl methyl sites for hydroxylation is 1. The van der Waals surface area contributed by atoms with Crippen molar-refractivity contribution in [2.75, 3.05) is 13.1 Å². The SMILES string of the molecule is Cl.Cl.Cn1cc2c(F)c(-c3cc(F)c4cc(C5CCNCC5)nnc4c3)ccc2n1. The summed E-state index contributed by atoms with van der Waals surface area (Å²) >= 11 is 0. The van der Waals surface area contributed by atoms with Gasteiger partial charge in [-0.15, -0.1) is 24.8 Å². The number of hydrogen-bond acceptors (Lipinski definition) is 4. The van der Waals surface area contributed by atoms with Crippen molar-refractivity contribution in [2.45, 2.75) is 18.8 Å². The summed E-state index contributed by atoms with van der Waals surface area (Å²) in [4.78, 5) is 0. The summed E-state index contributed by atoms with van der Waals surface area (Å²) in [5, 5.41) is 16.9. The van der Waals surface area contributed by atoms with Gasteiger partial charge in [-0.1, -0.05) is 0 Å². The fourth-order valence-electron chi connectivity index (χ4n) is 3.99. The summed E-state index contributed by atoms with van der Waals surface area (Å²) in [5.41, 5.74) is 2.58. The van der Waals surface area contributed by atoms with Gasteiger partial charge in [-0.2, -0.15) is 15.3 Å². The molecule has 1 saturated heterocycles. The van der Waals surface area contributed by atoms with E-state index in [2.05, 4.69) is 20.6 Å². The number of piperidine rings is 1. The summed E-state index contributed by atoms with van der Waals surface area (Å²) in [6.07, 6.45) is 3.56. The van der Waals surface area contributed by atoms with Gasteiger partial charge in [0.25, 0.3) is 0 Å². The summed E-state index contributed by atoms with van der Waals surface area (Å²) in [5.74, 6) is -0.533. The maximum atomic E-state index is 15.0. The standard InChI is InChI=1S/C21H19F2N5.2ClH/c1-28-11-16-18(27-28)3-2-14(21(16)23)13-8-17(22)15-10-19(25-26-20(15)9-13)12-4-6-24-7-5-12;;/h2-3,8-12,24H,4-7H2,1H3;2*1H. The lowest BCUT2D eigenvalue weighted by atomic mass is 9.93. The third-order valence-corrected chi connectivity index (χ3v) is 5.48. The minimum Gasteiger partial charge on any atom is -0.317 e. The van der Waals surface area contributed by atoms with Crippen molar-refractivity contribution >= 4 is 46.6 Å². The molecule has 0 radical (unpaired) electrons. The molecule has 2 aromatic carbocycles. The minimum atomic E-state index is -0.414. The average molecular weight is 452 g/mol. The normalized spacial score (nSPS) is 14.5. The molecule has 2 aromatic heterocycles. The van der Waals surface area contributed by atoms with Gasteiger partial charge in [-0.05, 0) is 61.8 Å². The van der Waals surface area contributed by atoms with Crippen molar-refractivity contribution in [1.82, 2.24) is 25.3 Å². The first-order valence-corrected chi connectivity index (χ1v) is 9.40. The van der Waals surface area contributed by atoms with Crippen LogP contribution in [0.25, 0.3) is 32.9 Å². The molecule has 1 aliphatic rings. The van der Waals surface area contributed by atoms with Gasteiger partial charge >= 0.3 is 0 Å². The molecule has 9 heteroatoms. The van der Waals surface area contributed by atoms with Crippen LogP contribution in [0.2, 0.25) is 0 Å². The smallest absolute Gasteiger partial charge is 0.142 e. The van der Waals surface area contributed by atoms with Crippen LogP contribution in [-0.2, 0) is 7.05 Å². The lowest BCUT2D eigenvalue weighted by molar-refractivity contribution is 0.451. The molecule has 3 heterocycles. The van der Waals surface area contributed by atoms with Crippen molar-refractivity contribution in [3.8, 4) is 11.1 Å². The number of benzene rings is 2. The molecule has 158 valence electrons. The molecule has 0 amide bonds. The number of rotatable bonds is 2. The van der Waals surface area contributed by atoms with E-state index in [9.17, 15) is 8.78 Å². The van der Waals surface area contributed by atoms with Gasteiger partial charge in [0.1, 0.15) is 11.6 Å². The number of fused-ring (bicyclic) bond motifs is 2. The molecule has 5 rings (SSSR count). The zero-order chi connectivity index (χ0) is 19.3. The molecule has 1 fully saturated rings. The zero-order valence-electron chi connectivity index (χ0n) is 16.2. The summed E-state index contributed by atoms with van der Waals surface area (Å²) < 4.78 is 31.5. The van der Waals surface area contributed by atoms with E-state index in [0.29, 0.717) is 38.9 Å². The predicted molar refractivity (Wildman–Crippen MR) is 119 cm³/mol. The Kier molecular flexibility index (Phi) is 6.55. The van der Waals surface area contributed by atoms with Crippen molar-refractivity contribution in [3.05, 3.63) is 53.9 Å². The van der Waals surface area contributed by atoms with Crippen molar-refractivity contribution in [1.29, 1.82) is 0 Å². The quantitative estimate of drug-likeness (QED) is 0.476. The molecule has 0 spiro atoms. The molecular weight excluding hydrogens is 431 g/mol. The van der Waals surface area contributed by atoms with Crippen LogP contribution in [0, 0.1) is 11.6 Å². The molecule has 4 aromatic rings. The Hall–Kier alpha value is -2.35. The van der Waals surface area contributed by atoms with Gasteiger partial charge in [0.15, 0.2) is 0 Å². The van der Waals surface area contributed by atoms with Crippen LogP contribution in [0.1, 0.15) is 24.5 Å². The molecule has 0 atom stereocenters. The molecule has 5 nitrogen and oxygen atoms in total. The van der Waals surface area contributed by atoms with E-state index in [0.717, 1.165) is 31.6 Å². The Morgan fingerprint density at radius 2 is 1.73 bits per heavy atom. The van der Waals surface area contributed by atoms with Crippen LogP contribution in [0.4, 0.5) is 8.78 Å². The molecule has 0 aliphatic carbocycles. The van der Waals surface area contributed by atoms with E-state index in [4.69, 9.17) is 0 Å². The highest BCUT2D eigenvalue weighted by Gasteiger charge is 2.19. The lowest BCUT2D eigenvalue weighted by Crippen LogP contribution is -2.27. The number of aromatic nitrogens is 4. The van der Waals surface area contributed by atoms with Gasteiger partial charge in [0.2, 0.25) is 0 Å². The first-order chi connectivity index (χ1) is 13.6. The fourth-order valence-corrected chi connectivity index (χ4v) is 3.99. The van der Waals surface area contributed by atoms with Crippen molar-refractivity contribution in [2.24, 2.45) is 7.05 Å². The zero-order valence-corrected chi connectivity index (χ0v) is 17.9. The second-order valence-electron chi connectivity index (χ2n) is 7.35. The molecule has 0 bridgehead atoms. The summed E-state index contributed by atoms with van der Waals surface area (Å²) in [7, 11) is 1.74. The number of nitrogens with zero attached hydrogens (tertiary/aromatic N) is 4. The van der Waals surface area contributed by atoms with Crippen LogP contribution in [-0.4, -0.2) is 33.1 Å². The fraction of sp³-hybridized carbons (Fsp3) is 0.286. The molecule has 30 heavy (non-hydrogen) atoms. The van der Waals surface area contributed by atoms with E-state index in [-0.39, 0.29) is 24.8 Å². The number of nitrogens with one attached hydrogen (secondary N) is 1. The number of halogens is 4. The van der Waals surface area contributed by atoms with Crippen LogP contribution in [0.15, 0.2) is 36.5 Å². The summed E-state index contributed by atoms with van der Waals surface area (Å²) in [6.45, 7) is 1.86. The topological polar surface area (TPSA) is 55.6 Å².